The monoisotopic (exact) mass is 430 g/mol. The predicted molar refractivity (Wildman–Crippen MR) is 117 cm³/mol. The zero-order valence-corrected chi connectivity index (χ0v) is 18.6. The minimum Gasteiger partial charge on any atom is -0.495 e. The lowest BCUT2D eigenvalue weighted by molar-refractivity contribution is 0.0945. The number of nitrogens with one attached hydrogen (secondary N) is 2. The van der Waals surface area contributed by atoms with Crippen molar-refractivity contribution in [3.63, 3.8) is 0 Å². The molecular formula is C23H30N2O4S. The van der Waals surface area contributed by atoms with Gasteiger partial charge in [0.2, 0.25) is 10.0 Å². The van der Waals surface area contributed by atoms with Gasteiger partial charge in [-0.05, 0) is 36.6 Å². The van der Waals surface area contributed by atoms with Gasteiger partial charge in [-0.3, -0.25) is 4.79 Å². The van der Waals surface area contributed by atoms with Gasteiger partial charge in [0, 0.05) is 23.6 Å². The van der Waals surface area contributed by atoms with Gasteiger partial charge in [-0.2, -0.15) is 0 Å². The van der Waals surface area contributed by atoms with Crippen LogP contribution in [-0.4, -0.2) is 34.0 Å². The first-order valence-electron chi connectivity index (χ1n) is 10.3. The molecular weight excluding hydrogens is 400 g/mol. The highest BCUT2D eigenvalue weighted by Gasteiger charge is 2.27. The van der Waals surface area contributed by atoms with Crippen molar-refractivity contribution in [1.29, 1.82) is 0 Å². The highest BCUT2D eigenvalue weighted by molar-refractivity contribution is 7.89. The summed E-state index contributed by atoms with van der Waals surface area (Å²) in [5, 5.41) is 2.93. The summed E-state index contributed by atoms with van der Waals surface area (Å²) >= 11 is 0. The molecule has 2 aromatic carbocycles. The maximum Gasteiger partial charge on any atom is 0.251 e. The molecule has 3 rings (SSSR count). The Labute approximate surface area is 179 Å². The van der Waals surface area contributed by atoms with Crippen molar-refractivity contribution < 1.29 is 17.9 Å². The fourth-order valence-corrected chi connectivity index (χ4v) is 5.25. The third kappa shape index (κ3) is 5.21. The summed E-state index contributed by atoms with van der Waals surface area (Å²) in [6.07, 6.45) is 3.69. The van der Waals surface area contributed by atoms with Gasteiger partial charge in [0.25, 0.3) is 5.91 Å². The fourth-order valence-electron chi connectivity index (χ4n) is 3.75. The zero-order chi connectivity index (χ0) is 21.8. The van der Waals surface area contributed by atoms with E-state index in [-0.39, 0.29) is 33.6 Å². The number of ether oxygens (including phenoxy) is 1. The van der Waals surface area contributed by atoms with E-state index in [4.69, 9.17) is 4.74 Å². The molecule has 2 aromatic rings. The molecule has 162 valence electrons. The van der Waals surface area contributed by atoms with Gasteiger partial charge in [0.05, 0.1) is 7.11 Å². The Morgan fingerprint density at radius 2 is 1.77 bits per heavy atom. The van der Waals surface area contributed by atoms with Gasteiger partial charge in [0.1, 0.15) is 10.6 Å². The molecule has 1 aliphatic carbocycles. The van der Waals surface area contributed by atoms with Crippen molar-refractivity contribution in [2.45, 2.75) is 55.9 Å². The summed E-state index contributed by atoms with van der Waals surface area (Å²) in [6, 6.07) is 14.4. The van der Waals surface area contributed by atoms with E-state index in [0.717, 1.165) is 31.2 Å². The molecule has 1 aliphatic rings. The highest BCUT2D eigenvalue weighted by Crippen LogP contribution is 2.28. The molecule has 1 fully saturated rings. The van der Waals surface area contributed by atoms with Crippen LogP contribution >= 0.6 is 0 Å². The smallest absolute Gasteiger partial charge is 0.251 e. The van der Waals surface area contributed by atoms with Crippen LogP contribution in [0.1, 0.15) is 55.5 Å². The van der Waals surface area contributed by atoms with E-state index in [9.17, 15) is 13.2 Å². The second-order valence-electron chi connectivity index (χ2n) is 8.40. The molecule has 0 bridgehead atoms. The SMILES string of the molecule is COc1ccc(C(=O)NCC(C)(C)c2ccccc2)cc1S(=O)(=O)NC1CCCC1. The predicted octanol–water partition coefficient (Wildman–Crippen LogP) is 3.62. The van der Waals surface area contributed by atoms with Gasteiger partial charge in [0.15, 0.2) is 0 Å². The van der Waals surface area contributed by atoms with Crippen LogP contribution < -0.4 is 14.8 Å². The Balaban J connectivity index is 1.77. The molecule has 30 heavy (non-hydrogen) atoms. The van der Waals surface area contributed by atoms with Crippen LogP contribution in [-0.2, 0) is 15.4 Å². The van der Waals surface area contributed by atoms with Crippen LogP contribution in [0.15, 0.2) is 53.4 Å². The molecule has 0 aromatic heterocycles. The van der Waals surface area contributed by atoms with Crippen molar-refractivity contribution in [3.05, 3.63) is 59.7 Å². The lowest BCUT2D eigenvalue weighted by Crippen LogP contribution is -2.37. The molecule has 7 heteroatoms. The standard InChI is InChI=1S/C23H30N2O4S/c1-23(2,18-9-5-4-6-10-18)16-24-22(26)17-13-14-20(29-3)21(15-17)30(27,28)25-19-11-7-8-12-19/h4-6,9-10,13-15,19,25H,7-8,11-12,16H2,1-3H3,(H,24,26). The van der Waals surface area contributed by atoms with E-state index in [0.29, 0.717) is 6.54 Å². The van der Waals surface area contributed by atoms with E-state index >= 15 is 0 Å². The molecule has 1 amide bonds. The van der Waals surface area contributed by atoms with E-state index in [2.05, 4.69) is 23.9 Å². The van der Waals surface area contributed by atoms with Crippen LogP contribution in [0.2, 0.25) is 0 Å². The number of hydrogen-bond acceptors (Lipinski definition) is 4. The zero-order valence-electron chi connectivity index (χ0n) is 17.8. The highest BCUT2D eigenvalue weighted by atomic mass is 32.2. The van der Waals surface area contributed by atoms with Gasteiger partial charge in [-0.25, -0.2) is 13.1 Å². The van der Waals surface area contributed by atoms with Gasteiger partial charge >= 0.3 is 0 Å². The quantitative estimate of drug-likeness (QED) is 0.670. The summed E-state index contributed by atoms with van der Waals surface area (Å²) in [5.74, 6) is -0.0966. The molecule has 0 aliphatic heterocycles. The molecule has 2 N–H and O–H groups in total. The second-order valence-corrected chi connectivity index (χ2v) is 10.1. The van der Waals surface area contributed by atoms with E-state index < -0.39 is 10.0 Å². The summed E-state index contributed by atoms with van der Waals surface area (Å²) in [5.41, 5.74) is 1.14. The van der Waals surface area contributed by atoms with E-state index in [1.165, 1.54) is 19.2 Å². The Morgan fingerprint density at radius 1 is 1.10 bits per heavy atom. The third-order valence-corrected chi connectivity index (χ3v) is 7.18. The molecule has 0 heterocycles. The Hall–Kier alpha value is -2.38. The minimum absolute atomic E-state index is 0.00753. The summed E-state index contributed by atoms with van der Waals surface area (Å²) < 4.78 is 33.8. The fraction of sp³-hybridized carbons (Fsp3) is 0.435. The number of carbonyl (C=O) groups excluding carboxylic acids is 1. The topological polar surface area (TPSA) is 84.5 Å². The summed E-state index contributed by atoms with van der Waals surface area (Å²) in [7, 11) is -2.36. The molecule has 0 spiro atoms. The number of rotatable bonds is 8. The van der Waals surface area contributed by atoms with Crippen LogP contribution in [0.25, 0.3) is 0 Å². The maximum absolute atomic E-state index is 12.9. The van der Waals surface area contributed by atoms with Gasteiger partial charge in [-0.1, -0.05) is 57.0 Å². The first-order valence-corrected chi connectivity index (χ1v) is 11.8. The van der Waals surface area contributed by atoms with Crippen molar-refractivity contribution in [2.75, 3.05) is 13.7 Å². The summed E-state index contributed by atoms with van der Waals surface area (Å²) in [4.78, 5) is 12.8. The van der Waals surface area contributed by atoms with Crippen LogP contribution in [0.3, 0.4) is 0 Å². The maximum atomic E-state index is 12.9. The number of sulfonamides is 1. The lowest BCUT2D eigenvalue weighted by Gasteiger charge is -2.25. The van der Waals surface area contributed by atoms with Crippen LogP contribution in [0, 0.1) is 0 Å². The average Bonchev–Trinajstić information content (AvgIpc) is 3.24. The normalized spacial score (nSPS) is 15.2. The van der Waals surface area contributed by atoms with E-state index in [1.54, 1.807) is 6.07 Å². The molecule has 1 saturated carbocycles. The molecule has 6 nitrogen and oxygen atoms in total. The number of hydrogen-bond donors (Lipinski definition) is 2. The van der Waals surface area contributed by atoms with Crippen molar-refractivity contribution >= 4 is 15.9 Å². The lowest BCUT2D eigenvalue weighted by atomic mass is 9.84. The molecule has 0 radical (unpaired) electrons. The van der Waals surface area contributed by atoms with Crippen LogP contribution in [0.5, 0.6) is 5.75 Å². The Morgan fingerprint density at radius 3 is 2.40 bits per heavy atom. The Kier molecular flexibility index (Phi) is 6.83. The average molecular weight is 431 g/mol. The third-order valence-electron chi connectivity index (χ3n) is 5.64. The molecule has 0 unspecified atom stereocenters. The van der Waals surface area contributed by atoms with E-state index in [1.807, 2.05) is 30.3 Å². The first-order chi connectivity index (χ1) is 14.2. The molecule has 0 saturated heterocycles. The van der Waals surface area contributed by atoms with Crippen LogP contribution in [0.4, 0.5) is 0 Å². The first kappa shape index (κ1) is 22.3. The molecule has 0 atom stereocenters. The second kappa shape index (κ2) is 9.18. The van der Waals surface area contributed by atoms with Crippen molar-refractivity contribution in [2.24, 2.45) is 0 Å². The number of amides is 1. The summed E-state index contributed by atoms with van der Waals surface area (Å²) in [6.45, 7) is 4.53. The number of methoxy groups -OCH3 is 1. The van der Waals surface area contributed by atoms with Gasteiger partial charge < -0.3 is 10.1 Å². The Bertz CT molecular complexity index is 982. The van der Waals surface area contributed by atoms with Crippen molar-refractivity contribution in [3.8, 4) is 5.75 Å². The largest absolute Gasteiger partial charge is 0.495 e. The number of benzene rings is 2. The number of carbonyl (C=O) groups is 1. The van der Waals surface area contributed by atoms with Gasteiger partial charge in [-0.15, -0.1) is 0 Å². The van der Waals surface area contributed by atoms with Crippen molar-refractivity contribution in [1.82, 2.24) is 10.0 Å². The minimum atomic E-state index is -3.78.